The van der Waals surface area contributed by atoms with Gasteiger partial charge in [-0.15, -0.1) is 0 Å². The van der Waals surface area contributed by atoms with Crippen molar-refractivity contribution >= 4 is 44.9 Å². The predicted octanol–water partition coefficient (Wildman–Crippen LogP) is 2.52. The number of aryl methyl sites for hydroxylation is 1. The van der Waals surface area contributed by atoms with E-state index in [2.05, 4.69) is 4.72 Å². The normalized spacial score (nSPS) is 11.3. The van der Waals surface area contributed by atoms with E-state index in [4.69, 9.17) is 28.3 Å². The van der Waals surface area contributed by atoms with Gasteiger partial charge in [-0.3, -0.25) is 9.52 Å². The zero-order valence-corrected chi connectivity index (χ0v) is 11.7. The summed E-state index contributed by atoms with van der Waals surface area (Å²) in [5.41, 5.74) is 0.737. The molecule has 8 heteroatoms. The van der Waals surface area contributed by atoms with Crippen LogP contribution < -0.4 is 4.72 Å². The number of hydrogen-bond donors (Lipinski definition) is 2. The fourth-order valence-corrected chi connectivity index (χ4v) is 2.82. The molecule has 0 saturated carbocycles. The largest absolute Gasteiger partial charge is 0.481 e. The van der Waals surface area contributed by atoms with Gasteiger partial charge in [0.2, 0.25) is 10.0 Å². The number of nitrogens with one attached hydrogen (secondary N) is 1. The SMILES string of the molecule is Cc1ccc(Cl)c(NS(=O)(=O)CCC(=O)O)c1Cl. The fourth-order valence-electron chi connectivity index (χ4n) is 1.18. The van der Waals surface area contributed by atoms with Gasteiger partial charge in [0.15, 0.2) is 0 Å². The van der Waals surface area contributed by atoms with Crippen molar-refractivity contribution in [1.82, 2.24) is 0 Å². The Kier molecular flexibility index (Phi) is 4.84. The Bertz CT molecular complexity index is 571. The smallest absolute Gasteiger partial charge is 0.304 e. The second kappa shape index (κ2) is 5.77. The molecule has 0 saturated heterocycles. The standard InChI is InChI=1S/C10H11Cl2NO4S/c1-6-2-3-7(11)10(9(6)12)13-18(16,17)5-4-8(14)15/h2-3,13H,4-5H2,1H3,(H,14,15). The molecule has 0 aliphatic rings. The zero-order chi connectivity index (χ0) is 13.9. The number of carboxylic acid groups (broad SMARTS) is 1. The first kappa shape index (κ1) is 15.1. The second-order valence-electron chi connectivity index (χ2n) is 3.62. The van der Waals surface area contributed by atoms with E-state index >= 15 is 0 Å². The molecular formula is C10H11Cl2NO4S. The first-order chi connectivity index (χ1) is 8.23. The van der Waals surface area contributed by atoms with Gasteiger partial charge in [-0.05, 0) is 18.6 Å². The molecule has 0 amide bonds. The van der Waals surface area contributed by atoms with E-state index < -0.39 is 28.2 Å². The number of sulfonamides is 1. The third kappa shape index (κ3) is 4.04. The molecule has 18 heavy (non-hydrogen) atoms. The number of anilines is 1. The molecule has 1 aromatic carbocycles. The van der Waals surface area contributed by atoms with Crippen LogP contribution in [0.15, 0.2) is 12.1 Å². The molecule has 2 N–H and O–H groups in total. The van der Waals surface area contributed by atoms with Gasteiger partial charge in [0.25, 0.3) is 0 Å². The molecular weight excluding hydrogens is 301 g/mol. The number of rotatable bonds is 5. The summed E-state index contributed by atoms with van der Waals surface area (Å²) in [7, 11) is -3.79. The monoisotopic (exact) mass is 311 g/mol. The van der Waals surface area contributed by atoms with Crippen LogP contribution in [0.1, 0.15) is 12.0 Å². The fraction of sp³-hybridized carbons (Fsp3) is 0.300. The Morgan fingerprint density at radius 3 is 2.56 bits per heavy atom. The molecule has 5 nitrogen and oxygen atoms in total. The van der Waals surface area contributed by atoms with Gasteiger partial charge >= 0.3 is 5.97 Å². The average Bonchev–Trinajstić information content (AvgIpc) is 2.27. The Labute approximate surface area is 115 Å². The van der Waals surface area contributed by atoms with Gasteiger partial charge in [0, 0.05) is 0 Å². The summed E-state index contributed by atoms with van der Waals surface area (Å²) in [6, 6.07) is 3.16. The Balaban J connectivity index is 2.97. The minimum Gasteiger partial charge on any atom is -0.481 e. The third-order valence-corrected chi connectivity index (χ3v) is 4.19. The highest BCUT2D eigenvalue weighted by Crippen LogP contribution is 2.33. The van der Waals surface area contributed by atoms with Crippen LogP contribution >= 0.6 is 23.2 Å². The van der Waals surface area contributed by atoms with E-state index in [1.54, 1.807) is 13.0 Å². The molecule has 0 aliphatic heterocycles. The average molecular weight is 312 g/mol. The lowest BCUT2D eigenvalue weighted by Gasteiger charge is -2.12. The lowest BCUT2D eigenvalue weighted by Crippen LogP contribution is -2.19. The summed E-state index contributed by atoms with van der Waals surface area (Å²) in [6.07, 6.45) is -0.490. The Morgan fingerprint density at radius 2 is 2.00 bits per heavy atom. The van der Waals surface area contributed by atoms with E-state index in [1.165, 1.54) is 6.07 Å². The van der Waals surface area contributed by atoms with Crippen molar-refractivity contribution in [3.05, 3.63) is 27.7 Å². The highest BCUT2D eigenvalue weighted by atomic mass is 35.5. The van der Waals surface area contributed by atoms with Crippen molar-refractivity contribution in [3.8, 4) is 0 Å². The van der Waals surface area contributed by atoms with E-state index in [0.29, 0.717) is 5.56 Å². The van der Waals surface area contributed by atoms with E-state index in [-0.39, 0.29) is 15.7 Å². The zero-order valence-electron chi connectivity index (χ0n) is 9.41. The van der Waals surface area contributed by atoms with Gasteiger partial charge < -0.3 is 5.11 Å². The van der Waals surface area contributed by atoms with Crippen LogP contribution in [-0.4, -0.2) is 25.2 Å². The summed E-state index contributed by atoms with van der Waals surface area (Å²) in [6.45, 7) is 1.70. The van der Waals surface area contributed by atoms with Gasteiger partial charge in [-0.1, -0.05) is 29.3 Å². The Morgan fingerprint density at radius 1 is 1.39 bits per heavy atom. The van der Waals surface area contributed by atoms with Gasteiger partial charge in [0.1, 0.15) is 0 Å². The molecule has 1 rings (SSSR count). The van der Waals surface area contributed by atoms with Gasteiger partial charge in [0.05, 0.1) is 27.9 Å². The lowest BCUT2D eigenvalue weighted by molar-refractivity contribution is -0.136. The van der Waals surface area contributed by atoms with Crippen molar-refractivity contribution in [2.75, 3.05) is 10.5 Å². The van der Waals surface area contributed by atoms with Crippen LogP contribution in [0.2, 0.25) is 10.0 Å². The first-order valence-corrected chi connectivity index (χ1v) is 7.30. The van der Waals surface area contributed by atoms with E-state index in [0.717, 1.165) is 0 Å². The second-order valence-corrected chi connectivity index (χ2v) is 6.24. The molecule has 0 atom stereocenters. The van der Waals surface area contributed by atoms with Crippen molar-refractivity contribution in [3.63, 3.8) is 0 Å². The maximum absolute atomic E-state index is 11.6. The van der Waals surface area contributed by atoms with Gasteiger partial charge in [-0.2, -0.15) is 0 Å². The first-order valence-electron chi connectivity index (χ1n) is 4.90. The number of aliphatic carboxylic acids is 1. The van der Waals surface area contributed by atoms with E-state index in [1.807, 2.05) is 0 Å². The van der Waals surface area contributed by atoms with Crippen LogP contribution in [-0.2, 0) is 14.8 Å². The summed E-state index contributed by atoms with van der Waals surface area (Å²) >= 11 is 11.8. The predicted molar refractivity (Wildman–Crippen MR) is 70.9 cm³/mol. The quantitative estimate of drug-likeness (QED) is 0.875. The summed E-state index contributed by atoms with van der Waals surface area (Å²) in [5.74, 6) is -1.73. The topological polar surface area (TPSA) is 83.5 Å². The molecule has 0 heterocycles. The molecule has 0 radical (unpaired) electrons. The summed E-state index contributed by atoms with van der Waals surface area (Å²) < 4.78 is 25.5. The lowest BCUT2D eigenvalue weighted by atomic mass is 10.2. The highest BCUT2D eigenvalue weighted by molar-refractivity contribution is 7.92. The minimum absolute atomic E-state index is 0.0729. The Hall–Kier alpha value is -0.980. The highest BCUT2D eigenvalue weighted by Gasteiger charge is 2.17. The van der Waals surface area contributed by atoms with Crippen LogP contribution in [0.5, 0.6) is 0 Å². The summed E-state index contributed by atoms with van der Waals surface area (Å²) in [4.78, 5) is 10.3. The van der Waals surface area contributed by atoms with Gasteiger partial charge in [-0.25, -0.2) is 8.42 Å². The molecule has 0 bridgehead atoms. The number of benzene rings is 1. The van der Waals surface area contributed by atoms with Crippen molar-refractivity contribution in [2.45, 2.75) is 13.3 Å². The number of carbonyl (C=O) groups is 1. The van der Waals surface area contributed by atoms with E-state index in [9.17, 15) is 13.2 Å². The third-order valence-electron chi connectivity index (χ3n) is 2.13. The molecule has 0 aliphatic carbocycles. The van der Waals surface area contributed by atoms with Crippen LogP contribution in [0, 0.1) is 6.92 Å². The molecule has 0 unspecified atom stereocenters. The van der Waals surface area contributed by atoms with Crippen molar-refractivity contribution in [1.29, 1.82) is 0 Å². The van der Waals surface area contributed by atoms with Crippen molar-refractivity contribution in [2.24, 2.45) is 0 Å². The maximum atomic E-state index is 11.6. The molecule has 100 valence electrons. The number of halogens is 2. The van der Waals surface area contributed by atoms with Crippen LogP contribution in [0.25, 0.3) is 0 Å². The molecule has 0 fully saturated rings. The van der Waals surface area contributed by atoms with Crippen molar-refractivity contribution < 1.29 is 18.3 Å². The van der Waals surface area contributed by atoms with Crippen LogP contribution in [0.3, 0.4) is 0 Å². The number of carboxylic acids is 1. The minimum atomic E-state index is -3.79. The van der Waals surface area contributed by atoms with Crippen LogP contribution in [0.4, 0.5) is 5.69 Å². The molecule has 0 aromatic heterocycles. The maximum Gasteiger partial charge on any atom is 0.304 e. The molecule has 0 spiro atoms. The summed E-state index contributed by atoms with van der Waals surface area (Å²) in [5, 5.41) is 8.80. The number of hydrogen-bond acceptors (Lipinski definition) is 3. The molecule has 1 aromatic rings.